The summed E-state index contributed by atoms with van der Waals surface area (Å²) < 4.78 is 20.9. The maximum absolute atomic E-state index is 11.8. The van der Waals surface area contributed by atoms with Crippen LogP contribution in [0, 0.1) is 0 Å². The third-order valence-electron chi connectivity index (χ3n) is 1.75. The Kier molecular flexibility index (Phi) is 2.54. The second-order valence-electron chi connectivity index (χ2n) is 4.44. The highest BCUT2D eigenvalue weighted by Gasteiger charge is 2.25. The molecule has 0 spiro atoms. The van der Waals surface area contributed by atoms with Crippen molar-refractivity contribution in [1.29, 1.82) is 0 Å². The SMILES string of the molecule is [2H]C1([2H])[C@H](C)NCCN1C(=O)OC(C)(C)C. The van der Waals surface area contributed by atoms with Gasteiger partial charge in [0.2, 0.25) is 0 Å². The summed E-state index contributed by atoms with van der Waals surface area (Å²) in [6.07, 6.45) is -0.592. The molecule has 0 saturated carbocycles. The van der Waals surface area contributed by atoms with Crippen LogP contribution >= 0.6 is 0 Å². The van der Waals surface area contributed by atoms with Gasteiger partial charge in [0.25, 0.3) is 0 Å². The highest BCUT2D eigenvalue weighted by atomic mass is 16.6. The van der Waals surface area contributed by atoms with Gasteiger partial charge >= 0.3 is 6.09 Å². The van der Waals surface area contributed by atoms with Crippen molar-refractivity contribution < 1.29 is 12.3 Å². The lowest BCUT2D eigenvalue weighted by atomic mass is 10.2. The molecule has 4 nitrogen and oxygen atoms in total. The van der Waals surface area contributed by atoms with Crippen molar-refractivity contribution in [3.63, 3.8) is 0 Å². The number of carbonyl (C=O) groups is 1. The minimum absolute atomic E-state index is 0.326. The summed E-state index contributed by atoms with van der Waals surface area (Å²) in [5.41, 5.74) is -0.596. The number of ether oxygens (including phenoxy) is 1. The zero-order valence-electron chi connectivity index (χ0n) is 11.3. The molecule has 1 saturated heterocycles. The molecule has 4 heteroatoms. The van der Waals surface area contributed by atoms with Crippen LogP contribution in [0.15, 0.2) is 0 Å². The Morgan fingerprint density at radius 1 is 1.64 bits per heavy atom. The van der Waals surface area contributed by atoms with Gasteiger partial charge in [0.15, 0.2) is 0 Å². The number of nitrogens with zero attached hydrogens (tertiary/aromatic N) is 1. The lowest BCUT2D eigenvalue weighted by Gasteiger charge is -2.33. The van der Waals surface area contributed by atoms with Gasteiger partial charge in [0.1, 0.15) is 5.60 Å². The average molecular weight is 202 g/mol. The van der Waals surface area contributed by atoms with Crippen LogP contribution in [0.3, 0.4) is 0 Å². The van der Waals surface area contributed by atoms with Crippen LogP contribution in [0.2, 0.25) is 0 Å². The Labute approximate surface area is 88.4 Å². The van der Waals surface area contributed by atoms with Crippen molar-refractivity contribution >= 4 is 6.09 Å². The molecular formula is C10H20N2O2. The van der Waals surface area contributed by atoms with Gasteiger partial charge in [-0.15, -0.1) is 0 Å². The molecule has 0 aromatic heterocycles. The van der Waals surface area contributed by atoms with Gasteiger partial charge in [0, 0.05) is 25.6 Å². The van der Waals surface area contributed by atoms with Crippen molar-refractivity contribution in [2.75, 3.05) is 19.6 Å². The largest absolute Gasteiger partial charge is 0.444 e. The Balaban J connectivity index is 2.75. The van der Waals surface area contributed by atoms with Crippen molar-refractivity contribution in [3.05, 3.63) is 0 Å². The van der Waals surface area contributed by atoms with E-state index in [1.165, 1.54) is 0 Å². The first-order valence-corrected chi connectivity index (χ1v) is 4.88. The number of hydrogen-bond donors (Lipinski definition) is 1. The van der Waals surface area contributed by atoms with E-state index >= 15 is 0 Å². The van der Waals surface area contributed by atoms with Crippen LogP contribution in [0.25, 0.3) is 0 Å². The molecular weight excluding hydrogens is 180 g/mol. The summed E-state index contributed by atoms with van der Waals surface area (Å²) in [6.45, 7) is 6.23. The minimum Gasteiger partial charge on any atom is -0.444 e. The second kappa shape index (κ2) is 4.17. The van der Waals surface area contributed by atoms with E-state index in [1.54, 1.807) is 27.7 Å². The summed E-state index contributed by atoms with van der Waals surface area (Å²) in [5.74, 6) is 0. The molecule has 14 heavy (non-hydrogen) atoms. The third-order valence-corrected chi connectivity index (χ3v) is 1.75. The number of rotatable bonds is 0. The first kappa shape index (κ1) is 8.53. The molecule has 82 valence electrons. The first-order valence-electron chi connectivity index (χ1n) is 5.88. The molecule has 0 unspecified atom stereocenters. The van der Waals surface area contributed by atoms with E-state index in [2.05, 4.69) is 5.32 Å². The normalized spacial score (nSPS) is 29.1. The van der Waals surface area contributed by atoms with Gasteiger partial charge in [-0.05, 0) is 27.7 Å². The molecule has 0 aromatic rings. The van der Waals surface area contributed by atoms with E-state index in [9.17, 15) is 4.79 Å². The van der Waals surface area contributed by atoms with Crippen molar-refractivity contribution in [2.45, 2.75) is 39.3 Å². The highest BCUT2D eigenvalue weighted by molar-refractivity contribution is 5.68. The fourth-order valence-electron chi connectivity index (χ4n) is 1.20. The van der Waals surface area contributed by atoms with Crippen LogP contribution in [-0.2, 0) is 4.74 Å². The van der Waals surface area contributed by atoms with Gasteiger partial charge in [-0.1, -0.05) is 0 Å². The molecule has 0 aromatic carbocycles. The maximum atomic E-state index is 11.8. The minimum atomic E-state index is -1.71. The molecule has 1 heterocycles. The summed E-state index contributed by atoms with van der Waals surface area (Å²) in [5, 5.41) is 3.00. The zero-order chi connectivity index (χ0) is 12.6. The van der Waals surface area contributed by atoms with Gasteiger partial charge in [-0.2, -0.15) is 0 Å². The van der Waals surface area contributed by atoms with Crippen LogP contribution in [0.4, 0.5) is 4.79 Å². The fourth-order valence-corrected chi connectivity index (χ4v) is 1.20. The number of amides is 1. The molecule has 1 atom stereocenters. The van der Waals surface area contributed by atoms with E-state index in [0.717, 1.165) is 4.90 Å². The van der Waals surface area contributed by atoms with Crippen molar-refractivity contribution in [3.8, 4) is 0 Å². The number of carbonyl (C=O) groups excluding carboxylic acids is 1. The molecule has 0 aliphatic carbocycles. The third kappa shape index (κ3) is 3.54. The number of piperazine rings is 1. The molecule has 1 aliphatic rings. The summed E-state index contributed by atoms with van der Waals surface area (Å²) >= 11 is 0. The van der Waals surface area contributed by atoms with E-state index in [4.69, 9.17) is 7.48 Å². The van der Waals surface area contributed by atoms with E-state index in [1.807, 2.05) is 0 Å². The molecule has 1 amide bonds. The predicted molar refractivity (Wildman–Crippen MR) is 55.3 cm³/mol. The molecule has 0 radical (unpaired) electrons. The van der Waals surface area contributed by atoms with Gasteiger partial charge in [0.05, 0.1) is 2.74 Å². The van der Waals surface area contributed by atoms with E-state index < -0.39 is 24.2 Å². The molecule has 1 aliphatic heterocycles. The summed E-state index contributed by atoms with van der Waals surface area (Å²) in [4.78, 5) is 13.0. The topological polar surface area (TPSA) is 41.6 Å². The second-order valence-corrected chi connectivity index (χ2v) is 4.44. The zero-order valence-corrected chi connectivity index (χ0v) is 9.26. The Morgan fingerprint density at radius 2 is 2.29 bits per heavy atom. The number of hydrogen-bond acceptors (Lipinski definition) is 3. The standard InChI is InChI=1S/C10H20N2O2/c1-8-7-12(6-5-11-8)9(13)14-10(2,3)4/h8,11H,5-7H2,1-4H3/t8-/m0/s1/i7D2. The van der Waals surface area contributed by atoms with Gasteiger partial charge in [-0.3, -0.25) is 0 Å². The monoisotopic (exact) mass is 202 g/mol. The summed E-state index contributed by atoms with van der Waals surface area (Å²) in [7, 11) is 0. The highest BCUT2D eigenvalue weighted by Crippen LogP contribution is 2.11. The molecule has 1 rings (SSSR count). The number of nitrogens with one attached hydrogen (secondary N) is 1. The van der Waals surface area contributed by atoms with Crippen LogP contribution in [-0.4, -0.2) is 42.2 Å². The van der Waals surface area contributed by atoms with Gasteiger partial charge < -0.3 is 15.0 Å². The van der Waals surface area contributed by atoms with Crippen molar-refractivity contribution in [2.24, 2.45) is 0 Å². The Hall–Kier alpha value is -0.770. The molecule has 1 N–H and O–H groups in total. The smallest absolute Gasteiger partial charge is 0.410 e. The van der Waals surface area contributed by atoms with E-state index in [0.29, 0.717) is 13.1 Å². The lowest BCUT2D eigenvalue weighted by Crippen LogP contribution is -2.52. The summed E-state index contributed by atoms with van der Waals surface area (Å²) in [6, 6.07) is -0.395. The average Bonchev–Trinajstić information content (AvgIpc) is 2.06. The van der Waals surface area contributed by atoms with Crippen LogP contribution < -0.4 is 5.32 Å². The fraction of sp³-hybridized carbons (Fsp3) is 0.900. The molecule has 0 bridgehead atoms. The van der Waals surface area contributed by atoms with E-state index in [-0.39, 0.29) is 0 Å². The molecule has 1 fully saturated rings. The predicted octanol–water partition coefficient (Wildman–Crippen LogP) is 1.22. The first-order chi connectivity index (χ1) is 7.14. The quantitative estimate of drug-likeness (QED) is 0.642. The van der Waals surface area contributed by atoms with Crippen LogP contribution in [0.5, 0.6) is 0 Å². The Bertz CT molecular complexity index is 276. The van der Waals surface area contributed by atoms with Gasteiger partial charge in [-0.25, -0.2) is 4.79 Å². The van der Waals surface area contributed by atoms with Crippen molar-refractivity contribution in [1.82, 2.24) is 10.2 Å². The Morgan fingerprint density at radius 3 is 2.86 bits per heavy atom. The van der Waals surface area contributed by atoms with Crippen LogP contribution in [0.1, 0.15) is 30.4 Å². The maximum Gasteiger partial charge on any atom is 0.410 e. The lowest BCUT2D eigenvalue weighted by molar-refractivity contribution is 0.0201.